The summed E-state index contributed by atoms with van der Waals surface area (Å²) in [6.45, 7) is 0. The topological polar surface area (TPSA) is 88.6 Å². The summed E-state index contributed by atoms with van der Waals surface area (Å²) in [6.07, 6.45) is 3.42. The van der Waals surface area contributed by atoms with E-state index in [1.54, 1.807) is 32.8 Å². The second-order valence-electron chi connectivity index (χ2n) is 7.59. The van der Waals surface area contributed by atoms with Crippen LogP contribution in [0.25, 0.3) is 11.3 Å². The smallest absolute Gasteiger partial charge is 0.238 e. The highest BCUT2D eigenvalue weighted by Crippen LogP contribution is 2.42. The Hall–Kier alpha value is -4.39. The molecule has 0 saturated carbocycles. The number of aromatic nitrogens is 2. The molecule has 1 unspecified atom stereocenters. The van der Waals surface area contributed by atoms with Gasteiger partial charge in [0.25, 0.3) is 0 Å². The fourth-order valence-electron chi connectivity index (χ4n) is 4.03. The number of anilines is 1. The number of hydrogen-bond donors (Lipinski definition) is 2. The Morgan fingerprint density at radius 3 is 2.36 bits per heavy atom. The van der Waals surface area contributed by atoms with Crippen molar-refractivity contribution in [3.63, 3.8) is 0 Å². The van der Waals surface area contributed by atoms with E-state index in [2.05, 4.69) is 15.3 Å². The minimum atomic E-state index is -0.588. The summed E-state index contributed by atoms with van der Waals surface area (Å²) in [5.41, 5.74) is 5.72. The second kappa shape index (κ2) is 8.63. The first-order valence-corrected chi connectivity index (χ1v) is 10.5. The predicted molar refractivity (Wildman–Crippen MR) is 128 cm³/mol. The molecule has 0 spiro atoms. The average molecular weight is 438 g/mol. The number of ether oxygens (including phenoxy) is 2. The van der Waals surface area contributed by atoms with Gasteiger partial charge in [-0.2, -0.15) is 0 Å². The first kappa shape index (κ1) is 20.5. The molecule has 0 aliphatic carbocycles. The Labute approximate surface area is 191 Å². The number of H-pyrrole nitrogens is 1. The monoisotopic (exact) mass is 438 g/mol. The Morgan fingerprint density at radius 2 is 1.70 bits per heavy atom. The average Bonchev–Trinajstić information content (AvgIpc) is 3.50. The molecule has 0 bridgehead atoms. The van der Waals surface area contributed by atoms with Crippen LogP contribution in [0.3, 0.4) is 0 Å². The molecule has 1 atom stereocenters. The molecule has 1 aromatic heterocycles. The van der Waals surface area contributed by atoms with Gasteiger partial charge in [0.2, 0.25) is 5.91 Å². The number of fused-ring (bicyclic) bond motifs is 1. The number of imidazole rings is 1. The zero-order valence-electron chi connectivity index (χ0n) is 18.2. The van der Waals surface area contributed by atoms with Crippen molar-refractivity contribution >= 4 is 23.0 Å². The summed E-state index contributed by atoms with van der Waals surface area (Å²) in [4.78, 5) is 25.3. The van der Waals surface area contributed by atoms with E-state index in [0.717, 1.165) is 28.1 Å². The van der Waals surface area contributed by atoms with Gasteiger partial charge in [-0.05, 0) is 34.9 Å². The van der Waals surface area contributed by atoms with Crippen LogP contribution < -0.4 is 14.8 Å². The van der Waals surface area contributed by atoms with Gasteiger partial charge in [-0.25, -0.2) is 4.98 Å². The Morgan fingerprint density at radius 1 is 0.970 bits per heavy atom. The minimum Gasteiger partial charge on any atom is -0.493 e. The SMILES string of the molecule is COc1cc2c(cc1OC)C(C(=Nc1ccc(-c3cnc[nH]3)cc1)c1ccccc1)C(=O)N2. The maximum absolute atomic E-state index is 13.2. The van der Waals surface area contributed by atoms with Crippen LogP contribution in [-0.4, -0.2) is 35.8 Å². The van der Waals surface area contributed by atoms with Crippen molar-refractivity contribution in [1.29, 1.82) is 0 Å². The fraction of sp³-hybridized carbons (Fsp3) is 0.115. The number of nitrogens with one attached hydrogen (secondary N) is 2. The molecule has 2 N–H and O–H groups in total. The molecule has 0 radical (unpaired) electrons. The third-order valence-electron chi connectivity index (χ3n) is 5.66. The Bertz CT molecular complexity index is 1310. The van der Waals surface area contributed by atoms with Crippen LogP contribution in [0.4, 0.5) is 11.4 Å². The van der Waals surface area contributed by atoms with E-state index in [9.17, 15) is 4.79 Å². The lowest BCUT2D eigenvalue weighted by molar-refractivity contribution is -0.115. The third-order valence-corrected chi connectivity index (χ3v) is 5.66. The molecule has 0 saturated heterocycles. The number of benzene rings is 3. The summed E-state index contributed by atoms with van der Waals surface area (Å²) in [5.74, 6) is 0.394. The molecule has 7 nitrogen and oxygen atoms in total. The van der Waals surface area contributed by atoms with Crippen molar-refractivity contribution in [1.82, 2.24) is 9.97 Å². The molecule has 3 aromatic carbocycles. The van der Waals surface area contributed by atoms with Gasteiger partial charge in [-0.1, -0.05) is 42.5 Å². The predicted octanol–water partition coefficient (Wildman–Crippen LogP) is 4.95. The van der Waals surface area contributed by atoms with Gasteiger partial charge in [0, 0.05) is 11.8 Å². The van der Waals surface area contributed by atoms with Crippen molar-refractivity contribution in [2.45, 2.75) is 5.92 Å². The highest BCUT2D eigenvalue weighted by atomic mass is 16.5. The zero-order valence-corrected chi connectivity index (χ0v) is 18.2. The van der Waals surface area contributed by atoms with Crippen molar-refractivity contribution in [3.05, 3.63) is 90.4 Å². The van der Waals surface area contributed by atoms with Gasteiger partial charge in [0.15, 0.2) is 11.5 Å². The minimum absolute atomic E-state index is 0.142. The Balaban J connectivity index is 1.61. The van der Waals surface area contributed by atoms with Gasteiger partial charge in [0.1, 0.15) is 5.92 Å². The molecular formula is C26H22N4O3. The summed E-state index contributed by atoms with van der Waals surface area (Å²) in [7, 11) is 3.15. The van der Waals surface area contributed by atoms with Crippen LogP contribution in [0.1, 0.15) is 17.0 Å². The number of amides is 1. The quantitative estimate of drug-likeness (QED) is 0.417. The van der Waals surface area contributed by atoms with E-state index in [1.165, 1.54) is 0 Å². The maximum atomic E-state index is 13.2. The molecular weight excluding hydrogens is 416 g/mol. The van der Waals surface area contributed by atoms with Crippen molar-refractivity contribution in [2.24, 2.45) is 4.99 Å². The lowest BCUT2D eigenvalue weighted by atomic mass is 9.90. The fourth-order valence-corrected chi connectivity index (χ4v) is 4.03. The van der Waals surface area contributed by atoms with Crippen LogP contribution in [0.15, 0.2) is 84.2 Å². The van der Waals surface area contributed by atoms with Gasteiger partial charge in [-0.15, -0.1) is 0 Å². The van der Waals surface area contributed by atoms with Crippen molar-refractivity contribution in [2.75, 3.05) is 19.5 Å². The normalized spacial score (nSPS) is 15.2. The zero-order chi connectivity index (χ0) is 22.8. The van der Waals surface area contributed by atoms with Crippen LogP contribution in [-0.2, 0) is 4.79 Å². The molecule has 1 aliphatic rings. The first-order valence-electron chi connectivity index (χ1n) is 10.5. The van der Waals surface area contributed by atoms with Gasteiger partial charge in [0.05, 0.1) is 43.8 Å². The van der Waals surface area contributed by atoms with E-state index in [-0.39, 0.29) is 5.91 Å². The second-order valence-corrected chi connectivity index (χ2v) is 7.59. The third kappa shape index (κ3) is 3.85. The first-order chi connectivity index (χ1) is 16.2. The number of methoxy groups -OCH3 is 2. The van der Waals surface area contributed by atoms with Crippen LogP contribution in [0, 0.1) is 0 Å². The van der Waals surface area contributed by atoms with E-state index >= 15 is 0 Å². The molecule has 1 aliphatic heterocycles. The molecule has 164 valence electrons. The van der Waals surface area contributed by atoms with Crippen LogP contribution >= 0.6 is 0 Å². The molecule has 1 amide bonds. The summed E-state index contributed by atoms with van der Waals surface area (Å²) in [6, 6.07) is 21.2. The van der Waals surface area contributed by atoms with Crippen LogP contribution in [0.5, 0.6) is 11.5 Å². The number of aliphatic imine (C=N–C) groups is 1. The lowest BCUT2D eigenvalue weighted by Gasteiger charge is -2.15. The number of hydrogen-bond acceptors (Lipinski definition) is 5. The van der Waals surface area contributed by atoms with Crippen LogP contribution in [0.2, 0.25) is 0 Å². The lowest BCUT2D eigenvalue weighted by Crippen LogP contribution is -2.22. The standard InChI is InChI=1S/C26H22N4O3/c1-32-22-12-19-20(13-23(22)33-2)30-26(31)24(19)25(17-6-4-3-5-7-17)29-18-10-8-16(9-11-18)21-14-27-15-28-21/h3-15,24H,1-2H3,(H,27,28)(H,30,31). The largest absolute Gasteiger partial charge is 0.493 e. The number of carbonyl (C=O) groups is 1. The number of carbonyl (C=O) groups excluding carboxylic acids is 1. The van der Waals surface area contributed by atoms with Gasteiger partial charge in [-0.3, -0.25) is 9.79 Å². The molecule has 2 heterocycles. The number of aromatic amines is 1. The summed E-state index contributed by atoms with van der Waals surface area (Å²) < 4.78 is 10.9. The number of nitrogens with zero attached hydrogens (tertiary/aromatic N) is 2. The van der Waals surface area contributed by atoms with Gasteiger partial charge >= 0.3 is 0 Å². The van der Waals surface area contributed by atoms with E-state index < -0.39 is 5.92 Å². The molecule has 7 heteroatoms. The molecule has 33 heavy (non-hydrogen) atoms. The Kier molecular flexibility index (Phi) is 5.36. The highest BCUT2D eigenvalue weighted by molar-refractivity contribution is 6.24. The number of rotatable bonds is 6. The van der Waals surface area contributed by atoms with E-state index in [0.29, 0.717) is 22.9 Å². The van der Waals surface area contributed by atoms with Crippen molar-refractivity contribution < 1.29 is 14.3 Å². The van der Waals surface area contributed by atoms with E-state index in [4.69, 9.17) is 14.5 Å². The molecule has 0 fully saturated rings. The maximum Gasteiger partial charge on any atom is 0.238 e. The summed E-state index contributed by atoms with van der Waals surface area (Å²) in [5, 5.41) is 2.97. The van der Waals surface area contributed by atoms with E-state index in [1.807, 2.05) is 60.7 Å². The molecule has 4 aromatic rings. The highest BCUT2D eigenvalue weighted by Gasteiger charge is 2.36. The summed E-state index contributed by atoms with van der Waals surface area (Å²) >= 11 is 0. The molecule has 5 rings (SSSR count). The van der Waals surface area contributed by atoms with Crippen molar-refractivity contribution in [3.8, 4) is 22.8 Å². The van der Waals surface area contributed by atoms with Gasteiger partial charge < -0.3 is 19.8 Å².